The highest BCUT2D eigenvalue weighted by Crippen LogP contribution is 2.38. The first-order chi connectivity index (χ1) is 8.73. The Balaban J connectivity index is 2.21. The molecule has 106 valence electrons. The van der Waals surface area contributed by atoms with Crippen LogP contribution in [0.4, 0.5) is 14.5 Å². The Kier molecular flexibility index (Phi) is 3.40. The molecule has 0 amide bonds. The summed E-state index contributed by atoms with van der Waals surface area (Å²) < 4.78 is 56.7. The molecule has 1 aromatic rings. The monoisotopic (exact) mass is 292 g/mol. The Morgan fingerprint density at radius 3 is 2.58 bits per heavy atom. The lowest BCUT2D eigenvalue weighted by Gasteiger charge is -2.35. The van der Waals surface area contributed by atoms with Gasteiger partial charge in [0.2, 0.25) is 10.0 Å². The van der Waals surface area contributed by atoms with Crippen LogP contribution in [0.2, 0.25) is 0 Å². The first-order valence-electron chi connectivity index (χ1n) is 5.57. The molecule has 0 bridgehead atoms. The van der Waals surface area contributed by atoms with Gasteiger partial charge >= 0.3 is 0 Å². The number of benzene rings is 1. The predicted molar refractivity (Wildman–Crippen MR) is 65.7 cm³/mol. The van der Waals surface area contributed by atoms with Gasteiger partial charge in [0.1, 0.15) is 10.6 Å². The van der Waals surface area contributed by atoms with Crippen molar-refractivity contribution in [3.63, 3.8) is 0 Å². The van der Waals surface area contributed by atoms with Gasteiger partial charge in [-0.2, -0.15) is 0 Å². The van der Waals surface area contributed by atoms with Crippen molar-refractivity contribution in [2.24, 2.45) is 0 Å². The molecule has 2 rings (SSSR count). The smallest absolute Gasteiger partial charge is 0.251 e. The van der Waals surface area contributed by atoms with Gasteiger partial charge in [-0.15, -0.1) is 0 Å². The van der Waals surface area contributed by atoms with Crippen molar-refractivity contribution in [3.8, 4) is 5.75 Å². The number of hydrogen-bond acceptors (Lipinski definition) is 4. The Morgan fingerprint density at radius 1 is 1.42 bits per heavy atom. The van der Waals surface area contributed by atoms with Gasteiger partial charge in [0.25, 0.3) is 5.92 Å². The van der Waals surface area contributed by atoms with Gasteiger partial charge in [-0.1, -0.05) is 0 Å². The minimum atomic E-state index is -3.89. The maximum Gasteiger partial charge on any atom is 0.251 e. The third kappa shape index (κ3) is 2.95. The number of nitrogens with two attached hydrogens (primary N) is 1. The van der Waals surface area contributed by atoms with Crippen molar-refractivity contribution in [2.45, 2.75) is 29.7 Å². The second-order valence-corrected chi connectivity index (χ2v) is 6.18. The average Bonchev–Trinajstić information content (AvgIpc) is 2.25. The number of sulfonamides is 1. The van der Waals surface area contributed by atoms with Gasteiger partial charge in [-0.3, -0.25) is 0 Å². The van der Waals surface area contributed by atoms with E-state index in [9.17, 15) is 17.2 Å². The first-order valence-corrected chi connectivity index (χ1v) is 7.05. The maximum absolute atomic E-state index is 12.7. The second-order valence-electron chi connectivity index (χ2n) is 4.49. The summed E-state index contributed by atoms with van der Waals surface area (Å²) in [5.74, 6) is -2.70. The fraction of sp³-hybridized carbons (Fsp3) is 0.455. The summed E-state index contributed by atoms with van der Waals surface area (Å²) in [5.41, 5.74) is 5.88. The number of ether oxygens (including phenoxy) is 1. The fourth-order valence-electron chi connectivity index (χ4n) is 1.93. The quantitative estimate of drug-likeness (QED) is 0.821. The molecule has 0 saturated heterocycles. The van der Waals surface area contributed by atoms with Gasteiger partial charge in [-0.05, 0) is 12.1 Å². The van der Waals surface area contributed by atoms with E-state index in [1.807, 2.05) is 0 Å². The Morgan fingerprint density at radius 2 is 2.05 bits per heavy atom. The molecule has 1 aliphatic rings. The molecule has 1 saturated carbocycles. The molecule has 1 aliphatic carbocycles. The standard InChI is InChI=1S/C11H14F2N2O3S/c1-18-9-4-7(14)2-3-10(9)19(16,17)15-8-5-11(12,13)6-8/h2-4,8,15H,5-6,14H2,1H3. The second kappa shape index (κ2) is 4.61. The number of nitrogen functional groups attached to an aromatic ring is 1. The van der Waals surface area contributed by atoms with Crippen LogP contribution in [0.5, 0.6) is 5.75 Å². The van der Waals surface area contributed by atoms with E-state index in [2.05, 4.69) is 4.72 Å². The van der Waals surface area contributed by atoms with Crippen LogP contribution in [0.3, 0.4) is 0 Å². The molecule has 0 atom stereocenters. The Labute approximate surface area is 109 Å². The van der Waals surface area contributed by atoms with Crippen molar-refractivity contribution in [2.75, 3.05) is 12.8 Å². The minimum absolute atomic E-state index is 0.0820. The zero-order valence-corrected chi connectivity index (χ0v) is 11.0. The topological polar surface area (TPSA) is 81.4 Å². The molecular formula is C11H14F2N2O3S. The van der Waals surface area contributed by atoms with Crippen LogP contribution in [-0.2, 0) is 10.0 Å². The lowest BCUT2D eigenvalue weighted by Crippen LogP contribution is -2.50. The van der Waals surface area contributed by atoms with E-state index in [1.54, 1.807) is 0 Å². The van der Waals surface area contributed by atoms with E-state index in [4.69, 9.17) is 10.5 Å². The molecular weight excluding hydrogens is 278 g/mol. The number of anilines is 1. The summed E-state index contributed by atoms with van der Waals surface area (Å²) in [6.07, 6.45) is -0.965. The van der Waals surface area contributed by atoms with Crippen LogP contribution >= 0.6 is 0 Å². The van der Waals surface area contributed by atoms with Gasteiger partial charge in [-0.25, -0.2) is 21.9 Å². The van der Waals surface area contributed by atoms with Gasteiger partial charge < -0.3 is 10.5 Å². The molecule has 0 radical (unpaired) electrons. The molecule has 8 heteroatoms. The highest BCUT2D eigenvalue weighted by molar-refractivity contribution is 7.89. The van der Waals surface area contributed by atoms with Crippen LogP contribution in [0.25, 0.3) is 0 Å². The van der Waals surface area contributed by atoms with Crippen molar-refractivity contribution in [3.05, 3.63) is 18.2 Å². The lowest BCUT2D eigenvalue weighted by molar-refractivity contribution is -0.0876. The molecule has 0 spiro atoms. The summed E-state index contributed by atoms with van der Waals surface area (Å²) >= 11 is 0. The van der Waals surface area contributed by atoms with Gasteiger partial charge in [0, 0.05) is 30.6 Å². The number of nitrogens with one attached hydrogen (secondary N) is 1. The normalized spacial score (nSPS) is 18.9. The van der Waals surface area contributed by atoms with Crippen LogP contribution in [0.15, 0.2) is 23.1 Å². The molecule has 19 heavy (non-hydrogen) atoms. The van der Waals surface area contributed by atoms with Crippen molar-refractivity contribution in [1.82, 2.24) is 4.72 Å². The molecule has 0 unspecified atom stereocenters. The molecule has 5 nitrogen and oxygen atoms in total. The number of halogens is 2. The number of hydrogen-bond donors (Lipinski definition) is 2. The van der Waals surface area contributed by atoms with Crippen molar-refractivity contribution >= 4 is 15.7 Å². The lowest BCUT2D eigenvalue weighted by atomic mass is 9.89. The van der Waals surface area contributed by atoms with Crippen molar-refractivity contribution in [1.29, 1.82) is 0 Å². The predicted octanol–water partition coefficient (Wildman–Crippen LogP) is 1.35. The highest BCUT2D eigenvalue weighted by atomic mass is 32.2. The molecule has 1 aromatic carbocycles. The summed E-state index contributed by atoms with van der Waals surface area (Å²) in [4.78, 5) is -0.112. The van der Waals surface area contributed by atoms with Gasteiger partial charge in [0.05, 0.1) is 7.11 Å². The molecule has 0 aromatic heterocycles. The van der Waals surface area contributed by atoms with Gasteiger partial charge in [0.15, 0.2) is 0 Å². The first kappa shape index (κ1) is 14.0. The Bertz CT molecular complexity index is 582. The third-order valence-electron chi connectivity index (χ3n) is 2.89. The van der Waals surface area contributed by atoms with E-state index in [0.29, 0.717) is 5.69 Å². The van der Waals surface area contributed by atoms with E-state index in [-0.39, 0.29) is 10.6 Å². The number of methoxy groups -OCH3 is 1. The molecule has 3 N–H and O–H groups in total. The average molecular weight is 292 g/mol. The molecule has 0 aliphatic heterocycles. The SMILES string of the molecule is COc1cc(N)ccc1S(=O)(=O)NC1CC(F)(F)C1. The van der Waals surface area contributed by atoms with Crippen LogP contribution in [0.1, 0.15) is 12.8 Å². The van der Waals surface area contributed by atoms with Crippen molar-refractivity contribution < 1.29 is 21.9 Å². The summed E-state index contributed by atoms with van der Waals surface area (Å²) in [6.45, 7) is 0. The summed E-state index contributed by atoms with van der Waals surface area (Å²) in [5, 5.41) is 0. The molecule has 0 heterocycles. The van der Waals surface area contributed by atoms with E-state index in [0.717, 1.165) is 0 Å². The Hall–Kier alpha value is -1.41. The van der Waals surface area contributed by atoms with Crippen LogP contribution in [0, 0.1) is 0 Å². The van der Waals surface area contributed by atoms with E-state index < -0.39 is 34.8 Å². The number of rotatable bonds is 4. The summed E-state index contributed by atoms with van der Waals surface area (Å²) in [6, 6.07) is 3.31. The maximum atomic E-state index is 12.7. The molecule has 1 fully saturated rings. The van der Waals surface area contributed by atoms with Crippen LogP contribution < -0.4 is 15.2 Å². The summed E-state index contributed by atoms with van der Waals surface area (Å²) in [7, 11) is -2.58. The van der Waals surface area contributed by atoms with Crippen LogP contribution in [-0.4, -0.2) is 27.5 Å². The van der Waals surface area contributed by atoms with E-state index >= 15 is 0 Å². The highest BCUT2D eigenvalue weighted by Gasteiger charge is 2.47. The minimum Gasteiger partial charge on any atom is -0.495 e. The number of alkyl halides is 2. The van der Waals surface area contributed by atoms with E-state index in [1.165, 1.54) is 25.3 Å². The zero-order chi connectivity index (χ0) is 14.3. The third-order valence-corrected chi connectivity index (χ3v) is 4.45. The zero-order valence-electron chi connectivity index (χ0n) is 10.2. The fourth-order valence-corrected chi connectivity index (χ4v) is 3.32. The largest absolute Gasteiger partial charge is 0.495 e.